The van der Waals surface area contributed by atoms with E-state index in [1.165, 1.54) is 6.92 Å². The van der Waals surface area contributed by atoms with E-state index in [9.17, 15) is 4.79 Å². The molecule has 0 aromatic carbocycles. The third-order valence-corrected chi connectivity index (χ3v) is 0.917. The highest BCUT2D eigenvalue weighted by Gasteiger charge is 1.89. The molecule has 0 aliphatic carbocycles. The van der Waals surface area contributed by atoms with Crippen molar-refractivity contribution in [2.75, 3.05) is 0 Å². The molecule has 3 nitrogen and oxygen atoms in total. The Morgan fingerprint density at radius 3 is 2.18 bits per heavy atom. The van der Waals surface area contributed by atoms with Crippen LogP contribution in [0.1, 0.15) is 20.8 Å². The molecule has 0 bridgehead atoms. The molecule has 0 radical (unpaired) electrons. The summed E-state index contributed by atoms with van der Waals surface area (Å²) in [6.45, 7) is 5.33. The number of carbonyl (C=O) groups is 1. The summed E-state index contributed by atoms with van der Waals surface area (Å²) < 4.78 is 0. The van der Waals surface area contributed by atoms with Crippen LogP contribution in [0.2, 0.25) is 0 Å². The Balaban J connectivity index is 4.02. The quantitative estimate of drug-likeness (QED) is 0.580. The average molecular weight is 154 g/mol. The van der Waals surface area contributed by atoms with Gasteiger partial charge >= 0.3 is 0 Å². The molecule has 0 spiro atoms. The van der Waals surface area contributed by atoms with Crippen molar-refractivity contribution in [3.63, 3.8) is 0 Å². The van der Waals surface area contributed by atoms with Crippen LogP contribution in [-0.4, -0.2) is 5.91 Å². The summed E-state index contributed by atoms with van der Waals surface area (Å²) in [5, 5.41) is 2.45. The largest absolute Gasteiger partial charge is 0.385 e. The molecule has 11 heavy (non-hydrogen) atoms. The molecule has 0 aromatic heterocycles. The van der Waals surface area contributed by atoms with Crippen molar-refractivity contribution in [3.8, 4) is 0 Å². The van der Waals surface area contributed by atoms with Crippen LogP contribution in [0.4, 0.5) is 0 Å². The SMILES string of the molecule is CC(=O)N/C(N)=C/C=C(C)C. The van der Waals surface area contributed by atoms with Crippen molar-refractivity contribution in [2.24, 2.45) is 5.73 Å². The minimum atomic E-state index is -0.152. The molecule has 0 heterocycles. The lowest BCUT2D eigenvalue weighted by Crippen LogP contribution is -2.24. The first kappa shape index (κ1) is 9.75. The predicted octanol–water partition coefficient (Wildman–Crippen LogP) is 0.889. The Kier molecular flexibility index (Phi) is 4.03. The lowest BCUT2D eigenvalue weighted by atomic mass is 10.3. The zero-order chi connectivity index (χ0) is 8.85. The van der Waals surface area contributed by atoms with E-state index in [4.69, 9.17) is 5.73 Å². The Morgan fingerprint density at radius 2 is 1.82 bits per heavy atom. The molecular weight excluding hydrogens is 140 g/mol. The Bertz CT molecular complexity index is 200. The minimum Gasteiger partial charge on any atom is -0.385 e. The van der Waals surface area contributed by atoms with Gasteiger partial charge in [-0.3, -0.25) is 4.79 Å². The monoisotopic (exact) mass is 154 g/mol. The maximum Gasteiger partial charge on any atom is 0.222 e. The fraction of sp³-hybridized carbons (Fsp3) is 0.375. The Morgan fingerprint density at radius 1 is 1.27 bits per heavy atom. The van der Waals surface area contributed by atoms with Crippen molar-refractivity contribution in [1.82, 2.24) is 5.32 Å². The van der Waals surface area contributed by atoms with Gasteiger partial charge in [0, 0.05) is 6.92 Å². The Labute approximate surface area is 67.0 Å². The highest BCUT2D eigenvalue weighted by atomic mass is 16.1. The third kappa shape index (κ3) is 6.64. The Hall–Kier alpha value is -1.25. The minimum absolute atomic E-state index is 0.152. The van der Waals surface area contributed by atoms with Crippen molar-refractivity contribution in [3.05, 3.63) is 23.5 Å². The van der Waals surface area contributed by atoms with E-state index in [0.717, 1.165) is 5.57 Å². The standard InChI is InChI=1S/C8H14N2O/c1-6(2)4-5-8(9)10-7(3)11/h4-5H,9H2,1-3H3,(H,10,11)/b8-5+. The molecule has 0 aliphatic rings. The number of hydrogen-bond donors (Lipinski definition) is 2. The van der Waals surface area contributed by atoms with Gasteiger partial charge in [-0.25, -0.2) is 0 Å². The maximum atomic E-state index is 10.4. The van der Waals surface area contributed by atoms with Gasteiger partial charge < -0.3 is 11.1 Å². The molecule has 1 amide bonds. The molecule has 0 saturated carbocycles. The van der Waals surface area contributed by atoms with Crippen molar-refractivity contribution < 1.29 is 4.79 Å². The zero-order valence-electron chi connectivity index (χ0n) is 7.14. The van der Waals surface area contributed by atoms with Crippen LogP contribution in [-0.2, 0) is 4.79 Å². The van der Waals surface area contributed by atoms with E-state index < -0.39 is 0 Å². The molecule has 0 atom stereocenters. The van der Waals surface area contributed by atoms with Crippen LogP contribution >= 0.6 is 0 Å². The fourth-order valence-electron chi connectivity index (χ4n) is 0.501. The second-order valence-electron chi connectivity index (χ2n) is 2.55. The normalized spacial score (nSPS) is 10.6. The van der Waals surface area contributed by atoms with E-state index >= 15 is 0 Å². The molecule has 3 N–H and O–H groups in total. The van der Waals surface area contributed by atoms with Crippen LogP contribution < -0.4 is 11.1 Å². The van der Waals surface area contributed by atoms with Crippen molar-refractivity contribution in [2.45, 2.75) is 20.8 Å². The first-order valence-electron chi connectivity index (χ1n) is 3.40. The molecule has 0 unspecified atom stereocenters. The van der Waals surface area contributed by atoms with E-state index in [0.29, 0.717) is 5.82 Å². The lowest BCUT2D eigenvalue weighted by Gasteiger charge is -1.98. The summed E-state index contributed by atoms with van der Waals surface area (Å²) in [7, 11) is 0. The van der Waals surface area contributed by atoms with Crippen molar-refractivity contribution in [1.29, 1.82) is 0 Å². The number of amides is 1. The van der Waals surface area contributed by atoms with E-state index in [1.54, 1.807) is 6.08 Å². The maximum absolute atomic E-state index is 10.4. The second kappa shape index (κ2) is 4.55. The lowest BCUT2D eigenvalue weighted by molar-refractivity contribution is -0.118. The van der Waals surface area contributed by atoms with Crippen LogP contribution in [0.3, 0.4) is 0 Å². The number of nitrogens with two attached hydrogens (primary N) is 1. The summed E-state index contributed by atoms with van der Waals surface area (Å²) in [4.78, 5) is 10.4. The first-order chi connectivity index (χ1) is 5.02. The fourth-order valence-corrected chi connectivity index (χ4v) is 0.501. The number of hydrogen-bond acceptors (Lipinski definition) is 2. The van der Waals surface area contributed by atoms with Crippen LogP contribution in [0.15, 0.2) is 23.5 Å². The number of carbonyl (C=O) groups excluding carboxylic acids is 1. The van der Waals surface area contributed by atoms with Crippen LogP contribution in [0.25, 0.3) is 0 Å². The summed E-state index contributed by atoms with van der Waals surface area (Å²) in [5.41, 5.74) is 6.54. The van der Waals surface area contributed by atoms with Gasteiger partial charge in [-0.2, -0.15) is 0 Å². The van der Waals surface area contributed by atoms with Gasteiger partial charge in [0.15, 0.2) is 0 Å². The molecule has 0 saturated heterocycles. The average Bonchev–Trinajstić information content (AvgIpc) is 1.82. The highest BCUT2D eigenvalue weighted by molar-refractivity contribution is 5.74. The molecule has 0 aromatic rings. The molecule has 3 heteroatoms. The smallest absolute Gasteiger partial charge is 0.222 e. The van der Waals surface area contributed by atoms with Gasteiger partial charge in [0.05, 0.1) is 0 Å². The van der Waals surface area contributed by atoms with E-state index in [2.05, 4.69) is 5.32 Å². The second-order valence-corrected chi connectivity index (χ2v) is 2.55. The number of allylic oxidation sites excluding steroid dienone is 3. The molecule has 0 fully saturated rings. The summed E-state index contributed by atoms with van der Waals surface area (Å²) >= 11 is 0. The van der Waals surface area contributed by atoms with Gasteiger partial charge in [-0.1, -0.05) is 11.6 Å². The van der Waals surface area contributed by atoms with Gasteiger partial charge in [-0.15, -0.1) is 0 Å². The van der Waals surface area contributed by atoms with Gasteiger partial charge in [-0.05, 0) is 19.9 Å². The van der Waals surface area contributed by atoms with E-state index in [1.807, 2.05) is 19.9 Å². The zero-order valence-corrected chi connectivity index (χ0v) is 7.14. The molecule has 62 valence electrons. The first-order valence-corrected chi connectivity index (χ1v) is 3.40. The molecule has 0 aliphatic heterocycles. The summed E-state index contributed by atoms with van der Waals surface area (Å²) in [5.74, 6) is 0.222. The molecular formula is C8H14N2O. The van der Waals surface area contributed by atoms with Crippen LogP contribution in [0, 0.1) is 0 Å². The number of rotatable bonds is 2. The summed E-state index contributed by atoms with van der Waals surface area (Å²) in [6, 6.07) is 0. The van der Waals surface area contributed by atoms with Gasteiger partial charge in [0.25, 0.3) is 0 Å². The highest BCUT2D eigenvalue weighted by Crippen LogP contribution is 1.89. The number of nitrogens with one attached hydrogen (secondary N) is 1. The van der Waals surface area contributed by atoms with Crippen LogP contribution in [0.5, 0.6) is 0 Å². The van der Waals surface area contributed by atoms with Gasteiger partial charge in [0.1, 0.15) is 5.82 Å². The third-order valence-electron chi connectivity index (χ3n) is 0.917. The van der Waals surface area contributed by atoms with E-state index in [-0.39, 0.29) is 5.91 Å². The molecule has 0 rings (SSSR count). The predicted molar refractivity (Wildman–Crippen MR) is 45.5 cm³/mol. The topological polar surface area (TPSA) is 55.1 Å². The summed E-state index contributed by atoms with van der Waals surface area (Å²) in [6.07, 6.45) is 3.50. The van der Waals surface area contributed by atoms with Gasteiger partial charge in [0.2, 0.25) is 5.91 Å². The van der Waals surface area contributed by atoms with Crippen molar-refractivity contribution >= 4 is 5.91 Å².